The first-order valence-corrected chi connectivity index (χ1v) is 8.16. The number of anilines is 1. The molecule has 112 valence electrons. The first-order valence-electron chi connectivity index (χ1n) is 6.34. The van der Waals surface area contributed by atoms with Crippen LogP contribution >= 0.6 is 22.7 Å². The van der Waals surface area contributed by atoms with Gasteiger partial charge in [-0.1, -0.05) is 0 Å². The molecular formula is C15H10F2N2OS2. The average molecular weight is 336 g/mol. The number of carbonyl (C=O) groups is 1. The number of nitrogens with one attached hydrogen (secondary N) is 1. The summed E-state index contributed by atoms with van der Waals surface area (Å²) in [7, 11) is 0. The van der Waals surface area contributed by atoms with Gasteiger partial charge in [0.15, 0.2) is 16.8 Å². The summed E-state index contributed by atoms with van der Waals surface area (Å²) in [6.45, 7) is 0. The van der Waals surface area contributed by atoms with Crippen LogP contribution in [-0.2, 0) is 11.2 Å². The Morgan fingerprint density at radius 2 is 2.05 bits per heavy atom. The summed E-state index contributed by atoms with van der Waals surface area (Å²) in [5.74, 6) is -1.98. The fourth-order valence-electron chi connectivity index (χ4n) is 1.86. The number of aromatic nitrogens is 1. The second-order valence-electron chi connectivity index (χ2n) is 4.52. The molecule has 22 heavy (non-hydrogen) atoms. The molecule has 7 heteroatoms. The predicted molar refractivity (Wildman–Crippen MR) is 84.1 cm³/mol. The van der Waals surface area contributed by atoms with E-state index in [4.69, 9.17) is 0 Å². The van der Waals surface area contributed by atoms with Crippen LogP contribution in [0.25, 0.3) is 11.3 Å². The average Bonchev–Trinajstić information content (AvgIpc) is 3.13. The molecule has 0 saturated carbocycles. The number of rotatable bonds is 4. The van der Waals surface area contributed by atoms with Gasteiger partial charge in [-0.3, -0.25) is 4.79 Å². The maximum Gasteiger partial charge on any atom is 0.230 e. The third-order valence-corrected chi connectivity index (χ3v) is 4.40. The molecule has 0 fully saturated rings. The number of hydrogen-bond acceptors (Lipinski definition) is 4. The van der Waals surface area contributed by atoms with Crippen molar-refractivity contribution in [3.05, 3.63) is 57.6 Å². The Morgan fingerprint density at radius 1 is 1.18 bits per heavy atom. The summed E-state index contributed by atoms with van der Waals surface area (Å²) in [6.07, 6.45) is 0.281. The summed E-state index contributed by atoms with van der Waals surface area (Å²) in [5.41, 5.74) is 1.91. The van der Waals surface area contributed by atoms with Crippen molar-refractivity contribution in [1.29, 1.82) is 0 Å². The lowest BCUT2D eigenvalue weighted by molar-refractivity contribution is -0.115. The van der Waals surface area contributed by atoms with E-state index in [9.17, 15) is 13.6 Å². The van der Waals surface area contributed by atoms with Gasteiger partial charge in [0.05, 0.1) is 12.1 Å². The fraction of sp³-hybridized carbons (Fsp3) is 0.0667. The molecule has 1 aromatic carbocycles. The SMILES string of the molecule is O=C(Cc1ccsc1)Nc1nc(-c2ccc(F)c(F)c2)cs1. The van der Waals surface area contributed by atoms with Crippen molar-refractivity contribution >= 4 is 33.7 Å². The maximum atomic E-state index is 13.2. The van der Waals surface area contributed by atoms with E-state index in [0.29, 0.717) is 16.4 Å². The molecule has 0 aliphatic heterocycles. The van der Waals surface area contributed by atoms with Gasteiger partial charge >= 0.3 is 0 Å². The first kappa shape index (κ1) is 14.8. The third kappa shape index (κ3) is 3.37. The lowest BCUT2D eigenvalue weighted by Gasteiger charge is -2.00. The van der Waals surface area contributed by atoms with Crippen LogP contribution in [-0.4, -0.2) is 10.9 Å². The minimum absolute atomic E-state index is 0.162. The van der Waals surface area contributed by atoms with Crippen molar-refractivity contribution in [3.8, 4) is 11.3 Å². The number of thiazole rings is 1. The van der Waals surface area contributed by atoms with Gasteiger partial charge in [0, 0.05) is 10.9 Å². The van der Waals surface area contributed by atoms with Crippen molar-refractivity contribution in [2.45, 2.75) is 6.42 Å². The van der Waals surface area contributed by atoms with E-state index in [2.05, 4.69) is 10.3 Å². The van der Waals surface area contributed by atoms with Crippen LogP contribution in [0.3, 0.4) is 0 Å². The summed E-state index contributed by atoms with van der Waals surface area (Å²) in [4.78, 5) is 16.1. The Bertz CT molecular complexity index is 800. The molecule has 0 aliphatic carbocycles. The first-order chi connectivity index (χ1) is 10.6. The second-order valence-corrected chi connectivity index (χ2v) is 6.16. The lowest BCUT2D eigenvalue weighted by Crippen LogP contribution is -2.13. The van der Waals surface area contributed by atoms with Gasteiger partial charge < -0.3 is 5.32 Å². The highest BCUT2D eigenvalue weighted by Gasteiger charge is 2.10. The van der Waals surface area contributed by atoms with Gasteiger partial charge in [0.25, 0.3) is 0 Å². The van der Waals surface area contributed by atoms with E-state index >= 15 is 0 Å². The smallest absolute Gasteiger partial charge is 0.230 e. The van der Waals surface area contributed by atoms with E-state index in [1.807, 2.05) is 16.8 Å². The highest BCUT2D eigenvalue weighted by Crippen LogP contribution is 2.26. The van der Waals surface area contributed by atoms with Gasteiger partial charge in [-0.2, -0.15) is 11.3 Å². The van der Waals surface area contributed by atoms with E-state index < -0.39 is 11.6 Å². The number of halogens is 2. The van der Waals surface area contributed by atoms with Gasteiger partial charge in [-0.15, -0.1) is 11.3 Å². The molecule has 0 bridgehead atoms. The molecule has 2 heterocycles. The molecule has 0 aliphatic rings. The van der Waals surface area contributed by atoms with E-state index in [0.717, 1.165) is 17.7 Å². The molecule has 3 rings (SSSR count). The minimum Gasteiger partial charge on any atom is -0.302 e. The predicted octanol–water partition coefficient (Wildman–Crippen LogP) is 4.33. The van der Waals surface area contributed by atoms with Crippen molar-refractivity contribution in [2.24, 2.45) is 0 Å². The molecule has 0 unspecified atom stereocenters. The van der Waals surface area contributed by atoms with Crippen LogP contribution in [0.15, 0.2) is 40.4 Å². The molecule has 0 atom stereocenters. The Hall–Kier alpha value is -2.12. The normalized spacial score (nSPS) is 10.6. The summed E-state index contributed by atoms with van der Waals surface area (Å²) in [5, 5.41) is 8.64. The van der Waals surface area contributed by atoms with Gasteiger partial charge in [-0.05, 0) is 40.6 Å². The molecule has 1 amide bonds. The van der Waals surface area contributed by atoms with Crippen LogP contribution in [0.4, 0.5) is 13.9 Å². The Morgan fingerprint density at radius 3 is 2.77 bits per heavy atom. The highest BCUT2D eigenvalue weighted by molar-refractivity contribution is 7.14. The number of amides is 1. The number of thiophene rings is 1. The maximum absolute atomic E-state index is 13.2. The van der Waals surface area contributed by atoms with E-state index in [1.54, 1.807) is 5.38 Å². The largest absolute Gasteiger partial charge is 0.302 e. The minimum atomic E-state index is -0.923. The number of hydrogen-bond donors (Lipinski definition) is 1. The number of benzene rings is 1. The molecule has 2 aromatic heterocycles. The van der Waals surface area contributed by atoms with Crippen molar-refractivity contribution < 1.29 is 13.6 Å². The van der Waals surface area contributed by atoms with Crippen LogP contribution < -0.4 is 5.32 Å². The molecular weight excluding hydrogens is 326 g/mol. The van der Waals surface area contributed by atoms with E-state index in [-0.39, 0.29) is 12.3 Å². The van der Waals surface area contributed by atoms with Gasteiger partial charge in [0.2, 0.25) is 5.91 Å². The molecule has 0 spiro atoms. The Kier molecular flexibility index (Phi) is 4.26. The Labute approximate surface area is 133 Å². The lowest BCUT2D eigenvalue weighted by atomic mass is 10.2. The van der Waals surface area contributed by atoms with Crippen molar-refractivity contribution in [1.82, 2.24) is 4.98 Å². The van der Waals surface area contributed by atoms with Gasteiger partial charge in [0.1, 0.15) is 0 Å². The standard InChI is InChI=1S/C15H10F2N2OS2/c16-11-2-1-10(6-12(11)17)13-8-22-15(18-13)19-14(20)5-9-3-4-21-7-9/h1-4,6-8H,5H2,(H,18,19,20). The molecule has 3 aromatic rings. The van der Waals surface area contributed by atoms with E-state index in [1.165, 1.54) is 28.7 Å². The fourth-order valence-corrected chi connectivity index (χ4v) is 3.27. The highest BCUT2D eigenvalue weighted by atomic mass is 32.1. The molecule has 0 saturated heterocycles. The van der Waals surface area contributed by atoms with Crippen LogP contribution in [0.5, 0.6) is 0 Å². The monoisotopic (exact) mass is 336 g/mol. The quantitative estimate of drug-likeness (QED) is 0.770. The second kappa shape index (κ2) is 6.33. The van der Waals surface area contributed by atoms with Crippen molar-refractivity contribution in [3.63, 3.8) is 0 Å². The zero-order valence-corrected chi connectivity index (χ0v) is 12.8. The molecule has 3 nitrogen and oxygen atoms in total. The summed E-state index contributed by atoms with van der Waals surface area (Å²) >= 11 is 2.77. The van der Waals surface area contributed by atoms with Crippen molar-refractivity contribution in [2.75, 3.05) is 5.32 Å². The number of carbonyl (C=O) groups excluding carboxylic acids is 1. The topological polar surface area (TPSA) is 42.0 Å². The van der Waals surface area contributed by atoms with Crippen LogP contribution in [0.2, 0.25) is 0 Å². The third-order valence-electron chi connectivity index (χ3n) is 2.91. The molecule has 0 radical (unpaired) electrons. The zero-order chi connectivity index (χ0) is 15.5. The number of nitrogens with zero attached hydrogens (tertiary/aromatic N) is 1. The Balaban J connectivity index is 1.70. The van der Waals surface area contributed by atoms with Crippen LogP contribution in [0, 0.1) is 11.6 Å². The van der Waals surface area contributed by atoms with Crippen LogP contribution in [0.1, 0.15) is 5.56 Å². The summed E-state index contributed by atoms with van der Waals surface area (Å²) in [6, 6.07) is 5.48. The van der Waals surface area contributed by atoms with Gasteiger partial charge in [-0.25, -0.2) is 13.8 Å². The zero-order valence-electron chi connectivity index (χ0n) is 11.2. The summed E-state index contributed by atoms with van der Waals surface area (Å²) < 4.78 is 26.1. The molecule has 1 N–H and O–H groups in total.